The molecule has 0 amide bonds. The number of aliphatic imine (C=N–C) groups is 1. The molecule has 2 atom stereocenters. The van der Waals surface area contributed by atoms with Crippen molar-refractivity contribution in [3.8, 4) is 0 Å². The highest BCUT2D eigenvalue weighted by Gasteiger charge is 2.42. The van der Waals surface area contributed by atoms with Crippen molar-refractivity contribution in [1.82, 2.24) is 9.88 Å². The molecule has 1 aliphatic carbocycles. The van der Waals surface area contributed by atoms with Crippen LogP contribution in [-0.4, -0.2) is 48.1 Å². The van der Waals surface area contributed by atoms with Gasteiger partial charge in [-0.25, -0.2) is 14.4 Å². The van der Waals surface area contributed by atoms with Crippen LogP contribution in [0.15, 0.2) is 34.8 Å². The van der Waals surface area contributed by atoms with E-state index in [2.05, 4.69) is 19.8 Å². The Morgan fingerprint density at radius 1 is 1.31 bits per heavy atom. The second-order valence-electron chi connectivity index (χ2n) is 6.32. The molecule has 1 saturated heterocycles. The number of hydrogen-bond donors (Lipinski definition) is 1. The first-order chi connectivity index (χ1) is 12.1. The normalized spacial score (nSPS) is 22.9. The fourth-order valence-electron chi connectivity index (χ4n) is 3.25. The van der Waals surface area contributed by atoms with Gasteiger partial charge in [-0.1, -0.05) is 17.7 Å². The molecule has 2 N–H and O–H groups in total. The van der Waals surface area contributed by atoms with Crippen molar-refractivity contribution >= 4 is 58.0 Å². The summed E-state index contributed by atoms with van der Waals surface area (Å²) in [5, 5.41) is 3.50. The zero-order valence-electron chi connectivity index (χ0n) is 14.0. The lowest BCUT2D eigenvalue weighted by molar-refractivity contribution is 0.380. The maximum Gasteiger partial charge on any atom is 0.191 e. The SMILES string of the molecule is I.NC(=NC1CC1c1c(F)cccc1Cl)N1CCN(c2nccs2)CC1. The van der Waals surface area contributed by atoms with E-state index < -0.39 is 0 Å². The van der Waals surface area contributed by atoms with Crippen molar-refractivity contribution in [3.05, 3.63) is 46.2 Å². The van der Waals surface area contributed by atoms with Gasteiger partial charge in [-0.2, -0.15) is 0 Å². The summed E-state index contributed by atoms with van der Waals surface area (Å²) in [6, 6.07) is 4.81. The highest BCUT2D eigenvalue weighted by Crippen LogP contribution is 2.47. The largest absolute Gasteiger partial charge is 0.370 e. The second-order valence-corrected chi connectivity index (χ2v) is 7.60. The fraction of sp³-hybridized carbons (Fsp3) is 0.412. The molecule has 4 rings (SSSR count). The molecule has 2 aliphatic rings. The molecule has 2 aromatic rings. The molecule has 1 saturated carbocycles. The summed E-state index contributed by atoms with van der Waals surface area (Å²) in [5.74, 6) is 0.313. The Hall–Kier alpha value is -1.13. The molecule has 0 spiro atoms. The number of benzene rings is 1. The molecule has 1 aromatic carbocycles. The van der Waals surface area contributed by atoms with Gasteiger partial charge < -0.3 is 15.5 Å². The molecular formula is C17H20ClFIN5S. The van der Waals surface area contributed by atoms with Crippen LogP contribution in [-0.2, 0) is 0 Å². The Morgan fingerprint density at radius 3 is 2.73 bits per heavy atom. The van der Waals surface area contributed by atoms with Crippen LogP contribution in [0, 0.1) is 5.82 Å². The molecular weight excluding hydrogens is 488 g/mol. The van der Waals surface area contributed by atoms with Gasteiger partial charge in [0, 0.05) is 54.3 Å². The van der Waals surface area contributed by atoms with Gasteiger partial charge in [-0.3, -0.25) is 0 Å². The van der Waals surface area contributed by atoms with E-state index in [1.165, 1.54) is 6.07 Å². The van der Waals surface area contributed by atoms with Crippen molar-refractivity contribution < 1.29 is 4.39 Å². The Balaban J connectivity index is 0.00000196. The number of rotatable bonds is 3. The summed E-state index contributed by atoms with van der Waals surface area (Å²) in [6.45, 7) is 3.37. The van der Waals surface area contributed by atoms with E-state index in [0.29, 0.717) is 16.5 Å². The molecule has 5 nitrogen and oxygen atoms in total. The minimum atomic E-state index is -0.258. The van der Waals surface area contributed by atoms with E-state index in [1.807, 2.05) is 11.6 Å². The minimum absolute atomic E-state index is 0. The van der Waals surface area contributed by atoms with Crippen molar-refractivity contribution in [1.29, 1.82) is 0 Å². The minimum Gasteiger partial charge on any atom is -0.370 e. The zero-order valence-corrected chi connectivity index (χ0v) is 17.9. The monoisotopic (exact) mass is 507 g/mol. The predicted octanol–water partition coefficient (Wildman–Crippen LogP) is 3.55. The molecule has 0 bridgehead atoms. The molecule has 9 heteroatoms. The highest BCUT2D eigenvalue weighted by molar-refractivity contribution is 14.0. The lowest BCUT2D eigenvalue weighted by Crippen LogP contribution is -2.51. The number of nitrogens with zero attached hydrogens (tertiary/aromatic N) is 4. The van der Waals surface area contributed by atoms with Crippen LogP contribution >= 0.6 is 46.9 Å². The quantitative estimate of drug-likeness (QED) is 0.392. The van der Waals surface area contributed by atoms with Crippen LogP contribution in [0.2, 0.25) is 5.02 Å². The van der Waals surface area contributed by atoms with Crippen LogP contribution in [0.5, 0.6) is 0 Å². The summed E-state index contributed by atoms with van der Waals surface area (Å²) >= 11 is 7.79. The third-order valence-electron chi connectivity index (χ3n) is 4.72. The van der Waals surface area contributed by atoms with Crippen molar-refractivity contribution in [3.63, 3.8) is 0 Å². The van der Waals surface area contributed by atoms with Gasteiger partial charge in [-0.15, -0.1) is 35.3 Å². The summed E-state index contributed by atoms with van der Waals surface area (Å²) < 4.78 is 14.0. The van der Waals surface area contributed by atoms with Crippen molar-refractivity contribution in [2.24, 2.45) is 10.7 Å². The van der Waals surface area contributed by atoms with Crippen molar-refractivity contribution in [2.75, 3.05) is 31.1 Å². The number of aromatic nitrogens is 1. The standard InChI is InChI=1S/C17H19ClFN5S.HI/c18-12-2-1-3-13(19)15(12)11-10-14(11)22-16(20)23-5-7-24(8-6-23)17-21-4-9-25-17;/h1-4,9,11,14H,5-8,10H2,(H2,20,22);1H. The van der Waals surface area contributed by atoms with Gasteiger partial charge in [0.2, 0.25) is 0 Å². The van der Waals surface area contributed by atoms with E-state index in [9.17, 15) is 4.39 Å². The van der Waals surface area contributed by atoms with E-state index in [0.717, 1.165) is 37.7 Å². The Morgan fingerprint density at radius 2 is 2.08 bits per heavy atom. The molecule has 1 aliphatic heterocycles. The predicted molar refractivity (Wildman–Crippen MR) is 115 cm³/mol. The maximum atomic E-state index is 14.0. The average molecular weight is 508 g/mol. The smallest absolute Gasteiger partial charge is 0.191 e. The summed E-state index contributed by atoms with van der Waals surface area (Å²) in [4.78, 5) is 13.3. The lowest BCUT2D eigenvalue weighted by atomic mass is 10.1. The maximum absolute atomic E-state index is 14.0. The molecule has 1 aromatic heterocycles. The van der Waals surface area contributed by atoms with E-state index in [1.54, 1.807) is 23.5 Å². The Labute approximate surface area is 178 Å². The van der Waals surface area contributed by atoms with E-state index in [4.69, 9.17) is 17.3 Å². The number of anilines is 1. The molecule has 140 valence electrons. The number of halogens is 3. The fourth-order valence-corrected chi connectivity index (χ4v) is 4.25. The number of hydrogen-bond acceptors (Lipinski definition) is 4. The highest BCUT2D eigenvalue weighted by atomic mass is 127. The van der Waals surface area contributed by atoms with Gasteiger partial charge in [0.05, 0.1) is 6.04 Å². The van der Waals surface area contributed by atoms with Gasteiger partial charge >= 0.3 is 0 Å². The van der Waals surface area contributed by atoms with Crippen LogP contribution < -0.4 is 10.6 Å². The molecule has 2 heterocycles. The first-order valence-electron chi connectivity index (χ1n) is 8.30. The summed E-state index contributed by atoms with van der Waals surface area (Å²) in [6.07, 6.45) is 2.61. The van der Waals surface area contributed by atoms with E-state index in [-0.39, 0.29) is 41.8 Å². The van der Waals surface area contributed by atoms with Gasteiger partial charge in [-0.05, 0) is 18.6 Å². The van der Waals surface area contributed by atoms with Crippen LogP contribution in [0.4, 0.5) is 9.52 Å². The second kappa shape index (κ2) is 8.26. The Kier molecular flexibility index (Phi) is 6.24. The number of piperazine rings is 1. The zero-order chi connectivity index (χ0) is 17.4. The van der Waals surface area contributed by atoms with Crippen LogP contribution in [0.1, 0.15) is 17.9 Å². The summed E-state index contributed by atoms with van der Waals surface area (Å²) in [7, 11) is 0. The molecule has 2 fully saturated rings. The van der Waals surface area contributed by atoms with Crippen LogP contribution in [0.25, 0.3) is 0 Å². The number of nitrogens with two attached hydrogens (primary N) is 1. The molecule has 26 heavy (non-hydrogen) atoms. The molecule has 2 unspecified atom stereocenters. The summed E-state index contributed by atoms with van der Waals surface area (Å²) in [5.41, 5.74) is 6.76. The molecule has 0 radical (unpaired) electrons. The number of guanidine groups is 1. The van der Waals surface area contributed by atoms with Gasteiger partial charge in [0.25, 0.3) is 0 Å². The first-order valence-corrected chi connectivity index (χ1v) is 9.56. The third-order valence-corrected chi connectivity index (χ3v) is 5.88. The van der Waals surface area contributed by atoms with Gasteiger partial charge in [0.15, 0.2) is 11.1 Å². The Bertz CT molecular complexity index is 759. The van der Waals surface area contributed by atoms with E-state index >= 15 is 0 Å². The lowest BCUT2D eigenvalue weighted by Gasteiger charge is -2.35. The first kappa shape index (κ1) is 19.6. The third kappa shape index (κ3) is 4.07. The van der Waals surface area contributed by atoms with Crippen molar-refractivity contribution in [2.45, 2.75) is 18.4 Å². The van der Waals surface area contributed by atoms with Gasteiger partial charge in [0.1, 0.15) is 5.82 Å². The van der Waals surface area contributed by atoms with Crippen LogP contribution in [0.3, 0.4) is 0 Å². The average Bonchev–Trinajstić information content (AvgIpc) is 3.13. The number of thiazole rings is 1. The topological polar surface area (TPSA) is 57.8 Å².